The maximum Gasteiger partial charge on any atom is 0.0656 e. The van der Waals surface area contributed by atoms with Crippen LogP contribution >= 0.6 is 0 Å². The average Bonchev–Trinajstić information content (AvgIpc) is 2.63. The van der Waals surface area contributed by atoms with Crippen molar-refractivity contribution in [3.05, 3.63) is 29.0 Å². The number of H-pyrrole nitrogens is 1. The summed E-state index contributed by atoms with van der Waals surface area (Å²) in [5.74, 6) is 0.552. The van der Waals surface area contributed by atoms with Gasteiger partial charge in [-0.3, -0.25) is 5.10 Å². The van der Waals surface area contributed by atoms with Gasteiger partial charge in [0.15, 0.2) is 0 Å². The molecule has 15 heavy (non-hydrogen) atoms. The molecule has 0 fully saturated rings. The Balaban J connectivity index is 2.81. The van der Waals surface area contributed by atoms with E-state index in [4.69, 9.17) is 0 Å². The predicted molar refractivity (Wildman–Crippen MR) is 64.3 cm³/mol. The molecule has 2 nitrogen and oxygen atoms in total. The Morgan fingerprint density at radius 3 is 2.73 bits per heavy atom. The molecule has 2 rings (SSSR count). The first kappa shape index (κ1) is 10.2. The maximum absolute atomic E-state index is 4.14. The second kappa shape index (κ2) is 3.69. The smallest absolute Gasteiger partial charge is 0.0656 e. The number of nitrogens with zero attached hydrogens (tertiary/aromatic N) is 1. The number of benzene rings is 1. The zero-order chi connectivity index (χ0) is 11.0. The minimum absolute atomic E-state index is 0.552. The molecule has 0 saturated heterocycles. The van der Waals surface area contributed by atoms with Crippen molar-refractivity contribution in [2.24, 2.45) is 0 Å². The minimum atomic E-state index is 0.552. The molecular formula is C13H18N2. The van der Waals surface area contributed by atoms with Gasteiger partial charge < -0.3 is 0 Å². The van der Waals surface area contributed by atoms with Crippen molar-refractivity contribution in [1.82, 2.24) is 10.2 Å². The molecule has 0 atom stereocenters. The Morgan fingerprint density at radius 1 is 1.40 bits per heavy atom. The molecule has 0 radical (unpaired) electrons. The van der Waals surface area contributed by atoms with Gasteiger partial charge in [-0.1, -0.05) is 20.8 Å². The Morgan fingerprint density at radius 2 is 2.13 bits per heavy atom. The topological polar surface area (TPSA) is 28.7 Å². The molecule has 0 amide bonds. The van der Waals surface area contributed by atoms with Crippen molar-refractivity contribution in [3.8, 4) is 0 Å². The predicted octanol–water partition coefficient (Wildman–Crippen LogP) is 3.56. The third kappa shape index (κ3) is 1.54. The molecule has 0 spiro atoms. The standard InChI is InChI=1S/C13H18N2/c1-5-10-6-12-11(7-14-15-12)13(8(2)3)9(10)4/h6-8H,5H2,1-4H3,(H,14,15). The van der Waals surface area contributed by atoms with Crippen molar-refractivity contribution >= 4 is 10.9 Å². The lowest BCUT2D eigenvalue weighted by Crippen LogP contribution is -1.97. The summed E-state index contributed by atoms with van der Waals surface area (Å²) >= 11 is 0. The van der Waals surface area contributed by atoms with Crippen molar-refractivity contribution in [2.45, 2.75) is 40.0 Å². The largest absolute Gasteiger partial charge is 0.278 e. The van der Waals surface area contributed by atoms with Crippen molar-refractivity contribution in [2.75, 3.05) is 0 Å². The molecule has 0 bridgehead atoms. The first-order chi connectivity index (χ1) is 7.15. The number of aromatic nitrogens is 2. The van der Waals surface area contributed by atoms with Gasteiger partial charge in [0.05, 0.1) is 11.7 Å². The van der Waals surface area contributed by atoms with Crippen molar-refractivity contribution in [1.29, 1.82) is 0 Å². The molecule has 1 aromatic heterocycles. The molecule has 2 heteroatoms. The van der Waals surface area contributed by atoms with Gasteiger partial charge in [-0.05, 0) is 42.0 Å². The van der Waals surface area contributed by atoms with Gasteiger partial charge in [0.2, 0.25) is 0 Å². The second-order valence-electron chi connectivity index (χ2n) is 4.41. The summed E-state index contributed by atoms with van der Waals surface area (Å²) in [6.45, 7) is 8.91. The van der Waals surface area contributed by atoms with Crippen LogP contribution in [0.1, 0.15) is 43.4 Å². The average molecular weight is 202 g/mol. The van der Waals surface area contributed by atoms with Crippen LogP contribution in [0.3, 0.4) is 0 Å². The van der Waals surface area contributed by atoms with Gasteiger partial charge >= 0.3 is 0 Å². The van der Waals surface area contributed by atoms with Crippen LogP contribution < -0.4 is 0 Å². The first-order valence-corrected chi connectivity index (χ1v) is 5.60. The number of fused-ring (bicyclic) bond motifs is 1. The van der Waals surface area contributed by atoms with Gasteiger partial charge in [-0.2, -0.15) is 5.10 Å². The van der Waals surface area contributed by atoms with Crippen molar-refractivity contribution < 1.29 is 0 Å². The minimum Gasteiger partial charge on any atom is -0.278 e. The van der Waals surface area contributed by atoms with Crippen LogP contribution in [-0.2, 0) is 6.42 Å². The molecule has 80 valence electrons. The Hall–Kier alpha value is -1.31. The molecule has 0 aliphatic rings. The summed E-state index contributed by atoms with van der Waals surface area (Å²) in [7, 11) is 0. The third-order valence-corrected chi connectivity index (χ3v) is 3.12. The van der Waals surface area contributed by atoms with Crippen LogP contribution in [0.4, 0.5) is 0 Å². The Bertz CT molecular complexity index is 480. The fraction of sp³-hybridized carbons (Fsp3) is 0.462. The van der Waals surface area contributed by atoms with Gasteiger partial charge in [-0.25, -0.2) is 0 Å². The van der Waals surface area contributed by atoms with E-state index in [-0.39, 0.29) is 0 Å². The van der Waals surface area contributed by atoms with Crippen LogP contribution in [-0.4, -0.2) is 10.2 Å². The lowest BCUT2D eigenvalue weighted by Gasteiger charge is -2.14. The van der Waals surface area contributed by atoms with E-state index in [9.17, 15) is 0 Å². The highest BCUT2D eigenvalue weighted by molar-refractivity contribution is 5.84. The SMILES string of the molecule is CCc1cc2[nH]ncc2c(C(C)C)c1C. The van der Waals surface area contributed by atoms with E-state index in [2.05, 4.69) is 44.0 Å². The maximum atomic E-state index is 4.14. The lowest BCUT2D eigenvalue weighted by molar-refractivity contribution is 0.861. The molecule has 0 unspecified atom stereocenters. The molecule has 1 heterocycles. The zero-order valence-electron chi connectivity index (χ0n) is 9.89. The highest BCUT2D eigenvalue weighted by Gasteiger charge is 2.12. The van der Waals surface area contributed by atoms with Crippen LogP contribution in [0.15, 0.2) is 12.3 Å². The number of hydrogen-bond donors (Lipinski definition) is 1. The summed E-state index contributed by atoms with van der Waals surface area (Å²) in [6.07, 6.45) is 3.03. The molecular weight excluding hydrogens is 184 g/mol. The van der Waals surface area contributed by atoms with Crippen molar-refractivity contribution in [3.63, 3.8) is 0 Å². The quantitative estimate of drug-likeness (QED) is 0.792. The highest BCUT2D eigenvalue weighted by atomic mass is 15.1. The summed E-state index contributed by atoms with van der Waals surface area (Å²) in [4.78, 5) is 0. The number of aryl methyl sites for hydroxylation is 1. The summed E-state index contributed by atoms with van der Waals surface area (Å²) in [5, 5.41) is 8.48. The van der Waals surface area contributed by atoms with E-state index in [0.29, 0.717) is 5.92 Å². The molecule has 1 N–H and O–H groups in total. The van der Waals surface area contributed by atoms with Crippen LogP contribution in [0.25, 0.3) is 10.9 Å². The first-order valence-electron chi connectivity index (χ1n) is 5.60. The lowest BCUT2D eigenvalue weighted by atomic mass is 9.90. The van der Waals surface area contributed by atoms with E-state index in [1.54, 1.807) is 0 Å². The fourth-order valence-corrected chi connectivity index (χ4v) is 2.39. The zero-order valence-corrected chi connectivity index (χ0v) is 9.89. The van der Waals surface area contributed by atoms with E-state index in [1.807, 2.05) is 6.20 Å². The molecule has 0 saturated carbocycles. The number of aromatic amines is 1. The van der Waals surface area contributed by atoms with E-state index < -0.39 is 0 Å². The van der Waals surface area contributed by atoms with E-state index in [1.165, 1.54) is 27.6 Å². The summed E-state index contributed by atoms with van der Waals surface area (Å²) in [6, 6.07) is 2.23. The van der Waals surface area contributed by atoms with Gasteiger partial charge in [0.25, 0.3) is 0 Å². The molecule has 1 aromatic carbocycles. The van der Waals surface area contributed by atoms with E-state index in [0.717, 1.165) is 6.42 Å². The molecule has 0 aliphatic heterocycles. The van der Waals surface area contributed by atoms with Crippen LogP contribution in [0.2, 0.25) is 0 Å². The number of nitrogens with one attached hydrogen (secondary N) is 1. The summed E-state index contributed by atoms with van der Waals surface area (Å²) < 4.78 is 0. The second-order valence-corrected chi connectivity index (χ2v) is 4.41. The third-order valence-electron chi connectivity index (χ3n) is 3.12. The fourth-order valence-electron chi connectivity index (χ4n) is 2.39. The van der Waals surface area contributed by atoms with Crippen LogP contribution in [0.5, 0.6) is 0 Å². The highest BCUT2D eigenvalue weighted by Crippen LogP contribution is 2.30. The summed E-state index contributed by atoms with van der Waals surface area (Å²) in [5.41, 5.74) is 5.47. The molecule has 0 aliphatic carbocycles. The Labute approximate surface area is 90.7 Å². The number of rotatable bonds is 2. The van der Waals surface area contributed by atoms with Gasteiger partial charge in [0, 0.05) is 5.39 Å². The molecule has 2 aromatic rings. The number of hydrogen-bond acceptors (Lipinski definition) is 1. The Kier molecular flexibility index (Phi) is 2.51. The van der Waals surface area contributed by atoms with E-state index >= 15 is 0 Å². The van der Waals surface area contributed by atoms with Gasteiger partial charge in [-0.15, -0.1) is 0 Å². The monoisotopic (exact) mass is 202 g/mol. The normalized spacial score (nSPS) is 11.5. The van der Waals surface area contributed by atoms with Gasteiger partial charge in [0.1, 0.15) is 0 Å². The van der Waals surface area contributed by atoms with Crippen LogP contribution in [0, 0.1) is 6.92 Å².